The summed E-state index contributed by atoms with van der Waals surface area (Å²) in [6, 6.07) is 13.3. The SMILES string of the molecule is CCn1ccc2ccc(CN3CCc4[nH]cnc4[C@H]3c3cccnc3)cc21. The fourth-order valence-corrected chi connectivity index (χ4v) is 4.24. The number of hydrogen-bond acceptors (Lipinski definition) is 3. The van der Waals surface area contributed by atoms with Crippen LogP contribution in [0.1, 0.15) is 35.5 Å². The van der Waals surface area contributed by atoms with Crippen LogP contribution in [-0.2, 0) is 19.5 Å². The number of hydrogen-bond donors (Lipinski definition) is 1. The van der Waals surface area contributed by atoms with Gasteiger partial charge in [-0.2, -0.15) is 0 Å². The van der Waals surface area contributed by atoms with Crippen LogP contribution in [0.15, 0.2) is 61.3 Å². The minimum atomic E-state index is 0.141. The number of benzene rings is 1. The predicted molar refractivity (Wildman–Crippen MR) is 106 cm³/mol. The number of pyridine rings is 1. The molecule has 0 saturated heterocycles. The highest BCUT2D eigenvalue weighted by atomic mass is 15.2. The van der Waals surface area contributed by atoms with Crippen molar-refractivity contribution in [3.05, 3.63) is 83.8 Å². The molecule has 1 N–H and O–H groups in total. The van der Waals surface area contributed by atoms with Crippen LogP contribution in [0.5, 0.6) is 0 Å². The number of nitrogens with zero attached hydrogens (tertiary/aromatic N) is 4. The van der Waals surface area contributed by atoms with E-state index in [4.69, 9.17) is 0 Å². The van der Waals surface area contributed by atoms with Crippen LogP contribution in [-0.4, -0.2) is 31.0 Å². The number of fused-ring (bicyclic) bond motifs is 2. The number of imidazole rings is 1. The molecule has 1 aliphatic heterocycles. The summed E-state index contributed by atoms with van der Waals surface area (Å²) >= 11 is 0. The lowest BCUT2D eigenvalue weighted by Gasteiger charge is -2.35. The summed E-state index contributed by atoms with van der Waals surface area (Å²) in [6.45, 7) is 5.08. The zero-order valence-electron chi connectivity index (χ0n) is 15.5. The summed E-state index contributed by atoms with van der Waals surface area (Å²) < 4.78 is 2.31. The van der Waals surface area contributed by atoms with Gasteiger partial charge in [0.05, 0.1) is 18.1 Å². The highest BCUT2D eigenvalue weighted by molar-refractivity contribution is 5.80. The molecule has 0 aliphatic carbocycles. The van der Waals surface area contributed by atoms with E-state index in [1.54, 1.807) is 0 Å². The number of H-pyrrole nitrogens is 1. The molecule has 0 radical (unpaired) electrons. The Morgan fingerprint density at radius 2 is 2.19 bits per heavy atom. The Morgan fingerprint density at radius 3 is 3.04 bits per heavy atom. The fraction of sp³-hybridized carbons (Fsp3) is 0.273. The van der Waals surface area contributed by atoms with Gasteiger partial charge in [0.25, 0.3) is 0 Å². The van der Waals surface area contributed by atoms with E-state index in [9.17, 15) is 0 Å². The summed E-state index contributed by atoms with van der Waals surface area (Å²) in [5.41, 5.74) is 6.22. The van der Waals surface area contributed by atoms with Crippen molar-refractivity contribution in [3.63, 3.8) is 0 Å². The van der Waals surface area contributed by atoms with Gasteiger partial charge >= 0.3 is 0 Å². The highest BCUT2D eigenvalue weighted by Crippen LogP contribution is 2.34. The summed E-state index contributed by atoms with van der Waals surface area (Å²) in [5.74, 6) is 0. The minimum absolute atomic E-state index is 0.141. The monoisotopic (exact) mass is 357 g/mol. The molecule has 1 aromatic carbocycles. The Bertz CT molecular complexity index is 1060. The van der Waals surface area contributed by atoms with E-state index in [0.717, 1.165) is 31.7 Å². The molecule has 27 heavy (non-hydrogen) atoms. The van der Waals surface area contributed by atoms with Crippen molar-refractivity contribution in [2.24, 2.45) is 0 Å². The maximum Gasteiger partial charge on any atom is 0.0926 e. The first-order chi connectivity index (χ1) is 13.3. The first-order valence-electron chi connectivity index (χ1n) is 9.57. The van der Waals surface area contributed by atoms with Crippen LogP contribution in [0.2, 0.25) is 0 Å². The van der Waals surface area contributed by atoms with Crippen LogP contribution in [0, 0.1) is 0 Å². The van der Waals surface area contributed by atoms with Crippen LogP contribution in [0.3, 0.4) is 0 Å². The fourth-order valence-electron chi connectivity index (χ4n) is 4.24. The molecular weight excluding hydrogens is 334 g/mol. The lowest BCUT2D eigenvalue weighted by Crippen LogP contribution is -2.35. The van der Waals surface area contributed by atoms with Crippen molar-refractivity contribution in [1.29, 1.82) is 0 Å². The van der Waals surface area contributed by atoms with Gasteiger partial charge in [-0.15, -0.1) is 0 Å². The van der Waals surface area contributed by atoms with Crippen LogP contribution in [0.25, 0.3) is 10.9 Å². The number of aryl methyl sites for hydroxylation is 1. The third kappa shape index (κ3) is 2.84. The Morgan fingerprint density at radius 1 is 1.22 bits per heavy atom. The van der Waals surface area contributed by atoms with Gasteiger partial charge in [-0.3, -0.25) is 9.88 Å². The highest BCUT2D eigenvalue weighted by Gasteiger charge is 2.31. The third-order valence-electron chi connectivity index (χ3n) is 5.59. The van der Waals surface area contributed by atoms with Gasteiger partial charge in [-0.25, -0.2) is 4.98 Å². The van der Waals surface area contributed by atoms with E-state index in [1.165, 1.54) is 27.7 Å². The number of aromatic nitrogens is 4. The second kappa shape index (κ2) is 6.67. The Hall–Kier alpha value is -2.92. The van der Waals surface area contributed by atoms with Crippen molar-refractivity contribution in [2.75, 3.05) is 6.54 Å². The standard InChI is InChI=1S/C22H23N5/c1-2-26-10-7-17-6-5-16(12-20(17)26)14-27-11-8-19-21(25-15-24-19)22(27)18-4-3-9-23-13-18/h3-7,9-10,12-13,15,22H,2,8,11,14H2,1H3,(H,24,25)/t22-/m1/s1. The molecule has 5 rings (SSSR count). The maximum absolute atomic E-state index is 4.65. The zero-order chi connectivity index (χ0) is 18.2. The average Bonchev–Trinajstić information content (AvgIpc) is 3.34. The molecule has 0 bridgehead atoms. The van der Waals surface area contributed by atoms with Crippen LogP contribution >= 0.6 is 0 Å². The molecule has 0 saturated carbocycles. The molecule has 4 heterocycles. The molecule has 0 unspecified atom stereocenters. The van der Waals surface area contributed by atoms with Crippen molar-refractivity contribution >= 4 is 10.9 Å². The van der Waals surface area contributed by atoms with E-state index in [0.29, 0.717) is 0 Å². The first kappa shape index (κ1) is 16.3. The molecule has 5 nitrogen and oxygen atoms in total. The molecule has 3 aromatic heterocycles. The van der Waals surface area contributed by atoms with E-state index in [1.807, 2.05) is 24.8 Å². The number of rotatable bonds is 4. The second-order valence-electron chi connectivity index (χ2n) is 7.17. The Labute approximate surface area is 158 Å². The van der Waals surface area contributed by atoms with Gasteiger partial charge < -0.3 is 9.55 Å². The lowest BCUT2D eigenvalue weighted by molar-refractivity contribution is 0.200. The summed E-state index contributed by atoms with van der Waals surface area (Å²) in [6.07, 6.45) is 8.78. The normalized spacial score (nSPS) is 17.3. The zero-order valence-corrected chi connectivity index (χ0v) is 15.5. The molecule has 5 heteroatoms. The van der Waals surface area contributed by atoms with Crippen molar-refractivity contribution in [3.8, 4) is 0 Å². The Balaban J connectivity index is 1.52. The number of nitrogens with one attached hydrogen (secondary N) is 1. The number of aromatic amines is 1. The smallest absolute Gasteiger partial charge is 0.0926 e. The van der Waals surface area contributed by atoms with Crippen molar-refractivity contribution in [1.82, 2.24) is 24.4 Å². The molecule has 0 fully saturated rings. The molecule has 1 aliphatic rings. The molecule has 0 amide bonds. The van der Waals surface area contributed by atoms with E-state index in [-0.39, 0.29) is 6.04 Å². The molecule has 1 atom stereocenters. The van der Waals surface area contributed by atoms with E-state index in [2.05, 4.69) is 67.9 Å². The molecule has 136 valence electrons. The van der Waals surface area contributed by atoms with Gasteiger partial charge in [0.2, 0.25) is 0 Å². The second-order valence-corrected chi connectivity index (χ2v) is 7.17. The Kier molecular flexibility index (Phi) is 4.02. The van der Waals surface area contributed by atoms with Crippen molar-refractivity contribution in [2.45, 2.75) is 32.5 Å². The lowest BCUT2D eigenvalue weighted by atomic mass is 9.96. The maximum atomic E-state index is 4.65. The summed E-state index contributed by atoms with van der Waals surface area (Å²) in [7, 11) is 0. The van der Waals surface area contributed by atoms with E-state index < -0.39 is 0 Å². The summed E-state index contributed by atoms with van der Waals surface area (Å²) in [5, 5.41) is 1.30. The molecule has 0 spiro atoms. The first-order valence-corrected chi connectivity index (χ1v) is 9.57. The average molecular weight is 357 g/mol. The van der Waals surface area contributed by atoms with Gasteiger partial charge in [-0.1, -0.05) is 18.2 Å². The largest absolute Gasteiger partial charge is 0.348 e. The quantitative estimate of drug-likeness (QED) is 0.602. The van der Waals surface area contributed by atoms with Crippen LogP contribution < -0.4 is 0 Å². The van der Waals surface area contributed by atoms with Gasteiger partial charge in [0, 0.05) is 55.9 Å². The summed E-state index contributed by atoms with van der Waals surface area (Å²) in [4.78, 5) is 14.8. The van der Waals surface area contributed by atoms with Crippen molar-refractivity contribution < 1.29 is 0 Å². The van der Waals surface area contributed by atoms with Gasteiger partial charge in [0.15, 0.2) is 0 Å². The van der Waals surface area contributed by atoms with Gasteiger partial charge in [0.1, 0.15) is 0 Å². The molecular formula is C22H23N5. The molecule has 4 aromatic rings. The van der Waals surface area contributed by atoms with Gasteiger partial charge in [-0.05, 0) is 41.6 Å². The van der Waals surface area contributed by atoms with E-state index >= 15 is 0 Å². The topological polar surface area (TPSA) is 49.7 Å². The van der Waals surface area contributed by atoms with Crippen LogP contribution in [0.4, 0.5) is 0 Å². The minimum Gasteiger partial charge on any atom is -0.348 e. The third-order valence-corrected chi connectivity index (χ3v) is 5.59. The predicted octanol–water partition coefficient (Wildman–Crippen LogP) is 3.93.